The van der Waals surface area contributed by atoms with Gasteiger partial charge < -0.3 is 31.7 Å². The van der Waals surface area contributed by atoms with Crippen molar-refractivity contribution < 1.29 is 19.5 Å². The lowest BCUT2D eigenvalue weighted by atomic mass is 9.89. The van der Waals surface area contributed by atoms with Crippen molar-refractivity contribution in [1.29, 1.82) is 0 Å². The van der Waals surface area contributed by atoms with Crippen LogP contribution in [0.2, 0.25) is 0 Å². The number of nitrogens with two attached hydrogens (primary N) is 1. The number of rotatable bonds is 9. The molecule has 2 saturated heterocycles. The molecular formula is C19H28N8O4S4. The number of nitrogens with zero attached hydrogens (tertiary/aromatic N) is 4. The van der Waals surface area contributed by atoms with Gasteiger partial charge >= 0.3 is 5.97 Å². The molecule has 12 nitrogen and oxygen atoms in total. The molecule has 0 aromatic carbocycles. The number of nitrogen functional groups attached to an aromatic ring is 1. The van der Waals surface area contributed by atoms with Crippen LogP contribution in [-0.2, 0) is 20.8 Å². The molecular weight excluding hydrogens is 533 g/mol. The van der Waals surface area contributed by atoms with Gasteiger partial charge in [-0.1, -0.05) is 23.1 Å². The highest BCUT2D eigenvalue weighted by Crippen LogP contribution is 2.44. The fourth-order valence-corrected chi connectivity index (χ4v) is 7.63. The lowest BCUT2D eigenvalue weighted by molar-refractivity contribution is -0.157. The van der Waals surface area contributed by atoms with Crippen LogP contribution in [0.15, 0.2) is 9.72 Å². The quantitative estimate of drug-likeness (QED) is 0.214. The number of hydrogen-bond donors (Lipinski definition) is 5. The molecule has 2 amide bonds. The first kappa shape index (κ1) is 27.4. The topological polar surface area (TPSA) is 175 Å². The van der Waals surface area contributed by atoms with E-state index < -0.39 is 17.4 Å². The Kier molecular flexibility index (Phi) is 9.57. The summed E-state index contributed by atoms with van der Waals surface area (Å²) in [7, 11) is 3.75. The molecule has 2 fully saturated rings. The number of nitrogens with one attached hydrogen (secondary N) is 3. The van der Waals surface area contributed by atoms with Crippen molar-refractivity contribution in [1.82, 2.24) is 30.7 Å². The monoisotopic (exact) mass is 560 g/mol. The van der Waals surface area contributed by atoms with Crippen LogP contribution in [0.25, 0.3) is 0 Å². The number of amides is 2. The lowest BCUT2D eigenvalue weighted by Crippen LogP contribution is -2.74. The Morgan fingerprint density at radius 2 is 2.11 bits per heavy atom. The summed E-state index contributed by atoms with van der Waals surface area (Å²) < 4.78 is 0.677. The van der Waals surface area contributed by atoms with E-state index in [1.807, 2.05) is 21.0 Å². The summed E-state index contributed by atoms with van der Waals surface area (Å²) in [5.41, 5.74) is 5.04. The van der Waals surface area contributed by atoms with Gasteiger partial charge in [-0.05, 0) is 21.0 Å². The molecule has 0 spiro atoms. The average molecular weight is 561 g/mol. The number of thioether (sulfide) groups is 2. The van der Waals surface area contributed by atoms with E-state index in [1.165, 1.54) is 46.2 Å². The summed E-state index contributed by atoms with van der Waals surface area (Å²) in [5, 5.41) is 29.1. The van der Waals surface area contributed by atoms with Gasteiger partial charge in [0.2, 0.25) is 16.9 Å². The predicted molar refractivity (Wildman–Crippen MR) is 140 cm³/mol. The van der Waals surface area contributed by atoms with Gasteiger partial charge in [-0.15, -0.1) is 33.3 Å². The number of aliphatic carboxylic acids is 1. The Bertz CT molecular complexity index is 1050. The van der Waals surface area contributed by atoms with Gasteiger partial charge in [-0.2, -0.15) is 0 Å². The molecule has 35 heavy (non-hydrogen) atoms. The van der Waals surface area contributed by atoms with Crippen LogP contribution in [0.3, 0.4) is 0 Å². The minimum Gasteiger partial charge on any atom is -0.481 e. The van der Waals surface area contributed by atoms with Crippen molar-refractivity contribution in [2.24, 2.45) is 5.41 Å². The second kappa shape index (κ2) is 12.2. The molecule has 6 N–H and O–H groups in total. The van der Waals surface area contributed by atoms with E-state index in [2.05, 4.69) is 31.1 Å². The molecule has 2 aliphatic rings. The zero-order chi connectivity index (χ0) is 25.6. The van der Waals surface area contributed by atoms with Gasteiger partial charge in [-0.3, -0.25) is 14.4 Å². The molecule has 192 valence electrons. The number of hydrogen-bond acceptors (Lipinski definition) is 13. The third-order valence-electron chi connectivity index (χ3n) is 5.03. The standard InChI is InChI=1S/C17H21N7O4S4.C2H7N/c1-2-19-15-22-23-16(32-15)31-7-17(13(27)28)5-24-11(26)10(12(24)30-6-17)21-9(25)3-8-4-29-14(18)20-8;1-3-2/h4,10,12H,2-3,5-7H2,1H3,(H2,18,20)(H,19,22)(H,21,25)(H,27,28);3H,1-2H3/t10?,12-,17?;/m1./s1. The summed E-state index contributed by atoms with van der Waals surface area (Å²) in [4.78, 5) is 42.7. The fraction of sp³-hybridized carbons (Fsp3) is 0.579. The molecule has 2 aromatic heterocycles. The zero-order valence-corrected chi connectivity index (χ0v) is 22.7. The average Bonchev–Trinajstić information content (AvgIpc) is 3.45. The maximum Gasteiger partial charge on any atom is 0.313 e. The van der Waals surface area contributed by atoms with Crippen LogP contribution in [0, 0.1) is 5.41 Å². The van der Waals surface area contributed by atoms with Gasteiger partial charge in [0.05, 0.1) is 12.1 Å². The molecule has 2 unspecified atom stereocenters. The number of carbonyl (C=O) groups excluding carboxylic acids is 2. The van der Waals surface area contributed by atoms with Gasteiger partial charge in [0.15, 0.2) is 9.47 Å². The highest BCUT2D eigenvalue weighted by molar-refractivity contribution is 8.01. The SMILES string of the molecule is CCNc1nnc(SCC2(C(=O)O)CS[C@@H]3C(NC(=O)Cc4csc(N)n4)C(=O)N3C2)s1.CNC. The number of aromatic nitrogens is 3. The maximum atomic E-state index is 12.7. The minimum atomic E-state index is -1.10. The van der Waals surface area contributed by atoms with E-state index in [9.17, 15) is 19.5 Å². The van der Waals surface area contributed by atoms with Crippen LogP contribution in [-0.4, -0.2) is 93.1 Å². The molecule has 0 aliphatic carbocycles. The predicted octanol–water partition coefficient (Wildman–Crippen LogP) is 0.650. The van der Waals surface area contributed by atoms with Crippen molar-refractivity contribution >= 4 is 74.2 Å². The molecule has 0 radical (unpaired) electrons. The number of β-lactam (4-membered cyclic amide) rings is 1. The third kappa shape index (κ3) is 6.55. The molecule has 2 aliphatic heterocycles. The Morgan fingerprint density at radius 3 is 2.74 bits per heavy atom. The summed E-state index contributed by atoms with van der Waals surface area (Å²) in [6, 6.07) is -0.659. The summed E-state index contributed by atoms with van der Waals surface area (Å²) in [5.74, 6) is -0.928. The van der Waals surface area contributed by atoms with Crippen molar-refractivity contribution in [2.45, 2.75) is 29.1 Å². The van der Waals surface area contributed by atoms with Crippen molar-refractivity contribution in [3.05, 3.63) is 11.1 Å². The Morgan fingerprint density at radius 1 is 1.37 bits per heavy atom. The summed E-state index contributed by atoms with van der Waals surface area (Å²) in [6.45, 7) is 2.78. The van der Waals surface area contributed by atoms with Crippen LogP contribution in [0.1, 0.15) is 12.6 Å². The van der Waals surface area contributed by atoms with Gasteiger partial charge in [0.25, 0.3) is 0 Å². The number of fused-ring (bicyclic) bond motifs is 1. The highest BCUT2D eigenvalue weighted by atomic mass is 32.2. The number of carboxylic acid groups (broad SMARTS) is 1. The number of carboxylic acids is 1. The van der Waals surface area contributed by atoms with E-state index in [0.29, 0.717) is 26.0 Å². The zero-order valence-electron chi connectivity index (χ0n) is 19.4. The van der Waals surface area contributed by atoms with E-state index >= 15 is 0 Å². The Balaban J connectivity index is 0.00000108. The van der Waals surface area contributed by atoms with E-state index in [1.54, 1.807) is 10.3 Å². The lowest BCUT2D eigenvalue weighted by Gasteiger charge is -2.53. The molecule has 3 atom stereocenters. The molecule has 16 heteroatoms. The molecule has 4 rings (SSSR count). The van der Waals surface area contributed by atoms with Crippen molar-refractivity contribution in [2.75, 3.05) is 49.7 Å². The Labute approximate surface area is 219 Å². The first-order chi connectivity index (χ1) is 16.7. The van der Waals surface area contributed by atoms with Crippen LogP contribution >= 0.6 is 46.2 Å². The van der Waals surface area contributed by atoms with Crippen molar-refractivity contribution in [3.8, 4) is 0 Å². The first-order valence-corrected chi connectivity index (χ1v) is 14.4. The molecule has 0 bridgehead atoms. The van der Waals surface area contributed by atoms with Crippen molar-refractivity contribution in [3.63, 3.8) is 0 Å². The van der Waals surface area contributed by atoms with Gasteiger partial charge in [0, 0.05) is 30.0 Å². The van der Waals surface area contributed by atoms with E-state index in [0.717, 1.165) is 6.54 Å². The molecule has 0 saturated carbocycles. The maximum absolute atomic E-state index is 12.7. The highest BCUT2D eigenvalue weighted by Gasteiger charge is 2.57. The number of carbonyl (C=O) groups is 3. The largest absolute Gasteiger partial charge is 0.481 e. The number of thiazole rings is 1. The van der Waals surface area contributed by atoms with Crippen LogP contribution in [0.5, 0.6) is 0 Å². The van der Waals surface area contributed by atoms with E-state index in [-0.39, 0.29) is 35.9 Å². The van der Waals surface area contributed by atoms with Crippen LogP contribution in [0.4, 0.5) is 10.3 Å². The molecule has 2 aromatic rings. The first-order valence-electron chi connectivity index (χ1n) is 10.7. The van der Waals surface area contributed by atoms with Gasteiger partial charge in [-0.25, -0.2) is 4.98 Å². The normalized spacial score (nSPS) is 22.9. The van der Waals surface area contributed by atoms with Crippen LogP contribution < -0.4 is 21.7 Å². The summed E-state index contributed by atoms with van der Waals surface area (Å²) in [6.07, 6.45) is 0.0430. The number of anilines is 2. The van der Waals surface area contributed by atoms with E-state index in [4.69, 9.17) is 5.73 Å². The van der Waals surface area contributed by atoms with Gasteiger partial charge in [0.1, 0.15) is 16.8 Å². The Hall–Kier alpha value is -2.14. The second-order valence-electron chi connectivity index (χ2n) is 7.84. The molecule has 4 heterocycles. The second-order valence-corrected chi connectivity index (χ2v) is 12.0. The third-order valence-corrected chi connectivity index (χ3v) is 9.65. The minimum absolute atomic E-state index is 0.0430. The smallest absolute Gasteiger partial charge is 0.313 e. The fourth-order valence-electron chi connectivity index (χ4n) is 3.39. The summed E-state index contributed by atoms with van der Waals surface area (Å²) >= 11 is 5.33.